The van der Waals surface area contributed by atoms with Gasteiger partial charge in [0.25, 0.3) is 0 Å². The molecule has 0 radical (unpaired) electrons. The van der Waals surface area contributed by atoms with Crippen molar-refractivity contribution in [1.82, 2.24) is 20.4 Å². The first-order valence-corrected chi connectivity index (χ1v) is 8.47. The Morgan fingerprint density at radius 2 is 2.04 bits per heavy atom. The van der Waals surface area contributed by atoms with Crippen LogP contribution < -0.4 is 5.32 Å². The fourth-order valence-corrected chi connectivity index (χ4v) is 2.85. The minimum atomic E-state index is 0.0139. The summed E-state index contributed by atoms with van der Waals surface area (Å²) >= 11 is 0. The zero-order chi connectivity index (χ0) is 16.6. The lowest BCUT2D eigenvalue weighted by atomic mass is 10.1. The molecule has 1 saturated heterocycles. The summed E-state index contributed by atoms with van der Waals surface area (Å²) in [4.78, 5) is 14.0. The fourth-order valence-electron chi connectivity index (χ4n) is 2.85. The van der Waals surface area contributed by atoms with Gasteiger partial charge in [0.05, 0.1) is 18.9 Å². The number of carbonyl (C=O) groups excluding carboxylic acids is 1. The maximum atomic E-state index is 12.2. The number of urea groups is 1. The van der Waals surface area contributed by atoms with Gasteiger partial charge in [-0.3, -0.25) is 5.10 Å². The lowest BCUT2D eigenvalue weighted by molar-refractivity contribution is 0.00449. The van der Waals surface area contributed by atoms with Crippen LogP contribution in [0.1, 0.15) is 24.0 Å². The van der Waals surface area contributed by atoms with E-state index in [-0.39, 0.29) is 12.1 Å². The van der Waals surface area contributed by atoms with Crippen molar-refractivity contribution in [2.24, 2.45) is 0 Å². The first-order valence-electron chi connectivity index (χ1n) is 8.47. The molecule has 1 aliphatic heterocycles. The van der Waals surface area contributed by atoms with Crippen molar-refractivity contribution in [3.05, 3.63) is 53.9 Å². The van der Waals surface area contributed by atoms with Crippen LogP contribution in [-0.4, -0.2) is 46.9 Å². The van der Waals surface area contributed by atoms with E-state index in [1.54, 1.807) is 6.20 Å². The largest absolute Gasteiger partial charge is 0.373 e. The zero-order valence-corrected chi connectivity index (χ0v) is 13.8. The van der Waals surface area contributed by atoms with Crippen molar-refractivity contribution in [3.8, 4) is 0 Å². The first kappa shape index (κ1) is 16.5. The summed E-state index contributed by atoms with van der Waals surface area (Å²) in [6.45, 7) is 2.76. The number of amides is 2. The molecule has 1 aromatic heterocycles. The van der Waals surface area contributed by atoms with Crippen molar-refractivity contribution in [1.29, 1.82) is 0 Å². The number of piperidine rings is 1. The van der Waals surface area contributed by atoms with E-state index in [4.69, 9.17) is 4.74 Å². The molecule has 6 nitrogen and oxygen atoms in total. The second-order valence-electron chi connectivity index (χ2n) is 6.07. The highest BCUT2D eigenvalue weighted by Crippen LogP contribution is 2.15. The minimum Gasteiger partial charge on any atom is -0.373 e. The van der Waals surface area contributed by atoms with Crippen LogP contribution in [0.4, 0.5) is 4.79 Å². The van der Waals surface area contributed by atoms with Crippen molar-refractivity contribution >= 4 is 6.03 Å². The number of hydrogen-bond acceptors (Lipinski definition) is 3. The van der Waals surface area contributed by atoms with Gasteiger partial charge >= 0.3 is 6.03 Å². The number of likely N-dealkylation sites (tertiary alicyclic amines) is 1. The maximum absolute atomic E-state index is 12.2. The van der Waals surface area contributed by atoms with E-state index in [1.165, 1.54) is 5.56 Å². The topological polar surface area (TPSA) is 70.2 Å². The van der Waals surface area contributed by atoms with Crippen molar-refractivity contribution in [2.75, 3.05) is 19.6 Å². The predicted octanol–water partition coefficient (Wildman–Crippen LogP) is 2.34. The van der Waals surface area contributed by atoms with E-state index in [0.717, 1.165) is 37.9 Å². The summed E-state index contributed by atoms with van der Waals surface area (Å²) < 4.78 is 5.96. The molecular formula is C18H24N4O2. The molecule has 0 bridgehead atoms. The van der Waals surface area contributed by atoms with Crippen LogP contribution in [0, 0.1) is 0 Å². The zero-order valence-electron chi connectivity index (χ0n) is 13.8. The second-order valence-corrected chi connectivity index (χ2v) is 6.07. The summed E-state index contributed by atoms with van der Waals surface area (Å²) in [7, 11) is 0. The smallest absolute Gasteiger partial charge is 0.317 e. The SMILES string of the molecule is O=C(NCCc1cn[nH]c1)N1CCC(OCc2ccccc2)CC1. The molecule has 2 heterocycles. The highest BCUT2D eigenvalue weighted by Gasteiger charge is 2.22. The van der Waals surface area contributed by atoms with Gasteiger partial charge in [-0.15, -0.1) is 0 Å². The Morgan fingerprint density at radius 1 is 1.25 bits per heavy atom. The third-order valence-corrected chi connectivity index (χ3v) is 4.30. The van der Waals surface area contributed by atoms with Gasteiger partial charge in [-0.05, 0) is 30.4 Å². The molecule has 0 saturated carbocycles. The number of ether oxygens (including phenoxy) is 1. The Kier molecular flexibility index (Phi) is 5.85. The number of aromatic nitrogens is 2. The Hall–Kier alpha value is -2.34. The third-order valence-electron chi connectivity index (χ3n) is 4.30. The fraction of sp³-hybridized carbons (Fsp3) is 0.444. The summed E-state index contributed by atoms with van der Waals surface area (Å²) in [5, 5.41) is 9.64. The van der Waals surface area contributed by atoms with Crippen LogP contribution in [0.25, 0.3) is 0 Å². The van der Waals surface area contributed by atoms with Gasteiger partial charge < -0.3 is 15.0 Å². The Labute approximate surface area is 142 Å². The Morgan fingerprint density at radius 3 is 2.75 bits per heavy atom. The molecule has 24 heavy (non-hydrogen) atoms. The van der Waals surface area contributed by atoms with E-state index in [9.17, 15) is 4.79 Å². The highest BCUT2D eigenvalue weighted by atomic mass is 16.5. The normalized spacial score (nSPS) is 15.4. The molecule has 128 valence electrons. The molecule has 2 N–H and O–H groups in total. The molecule has 0 atom stereocenters. The highest BCUT2D eigenvalue weighted by molar-refractivity contribution is 5.74. The standard InChI is InChI=1S/C18H24N4O2/c23-18(19-9-6-16-12-20-21-13-16)22-10-7-17(8-11-22)24-14-15-4-2-1-3-5-15/h1-5,12-13,17H,6-11,14H2,(H,19,23)(H,20,21). The molecule has 6 heteroatoms. The number of nitrogens with one attached hydrogen (secondary N) is 2. The van der Waals surface area contributed by atoms with Gasteiger partial charge in [-0.2, -0.15) is 5.10 Å². The van der Waals surface area contributed by atoms with Gasteiger partial charge in [0.1, 0.15) is 0 Å². The minimum absolute atomic E-state index is 0.0139. The average Bonchev–Trinajstić information content (AvgIpc) is 3.15. The van der Waals surface area contributed by atoms with E-state index >= 15 is 0 Å². The number of nitrogens with zero attached hydrogens (tertiary/aromatic N) is 2. The molecule has 3 rings (SSSR count). The molecule has 0 aliphatic carbocycles. The van der Waals surface area contributed by atoms with Crippen LogP contribution in [0.15, 0.2) is 42.7 Å². The Bertz CT molecular complexity index is 607. The van der Waals surface area contributed by atoms with Crippen LogP contribution >= 0.6 is 0 Å². The van der Waals surface area contributed by atoms with Crippen LogP contribution in [-0.2, 0) is 17.8 Å². The first-order chi connectivity index (χ1) is 11.8. The molecule has 2 amide bonds. The lowest BCUT2D eigenvalue weighted by Gasteiger charge is -2.32. The number of hydrogen-bond donors (Lipinski definition) is 2. The maximum Gasteiger partial charge on any atom is 0.317 e. The van der Waals surface area contributed by atoms with Crippen LogP contribution in [0.2, 0.25) is 0 Å². The van der Waals surface area contributed by atoms with Gasteiger partial charge in [0, 0.05) is 25.8 Å². The van der Waals surface area contributed by atoms with Crippen LogP contribution in [0.3, 0.4) is 0 Å². The summed E-state index contributed by atoms with van der Waals surface area (Å²) in [6.07, 6.45) is 6.44. The van der Waals surface area contributed by atoms with E-state index in [2.05, 4.69) is 27.6 Å². The molecule has 0 spiro atoms. The number of H-pyrrole nitrogens is 1. The molecular weight excluding hydrogens is 304 g/mol. The summed E-state index contributed by atoms with van der Waals surface area (Å²) in [5.41, 5.74) is 2.29. The lowest BCUT2D eigenvalue weighted by Crippen LogP contribution is -2.46. The van der Waals surface area contributed by atoms with Gasteiger partial charge in [0.2, 0.25) is 0 Å². The predicted molar refractivity (Wildman–Crippen MR) is 91.5 cm³/mol. The van der Waals surface area contributed by atoms with E-state index in [0.29, 0.717) is 13.2 Å². The van der Waals surface area contributed by atoms with Gasteiger partial charge in [0.15, 0.2) is 0 Å². The van der Waals surface area contributed by atoms with Crippen LogP contribution in [0.5, 0.6) is 0 Å². The quantitative estimate of drug-likeness (QED) is 0.855. The number of rotatable bonds is 6. The molecule has 0 unspecified atom stereocenters. The van der Waals surface area contributed by atoms with Crippen molar-refractivity contribution in [2.45, 2.75) is 32.0 Å². The molecule has 2 aromatic rings. The Balaban J connectivity index is 1.33. The molecule has 1 aliphatic rings. The molecule has 1 aromatic carbocycles. The molecule has 1 fully saturated rings. The van der Waals surface area contributed by atoms with Crippen molar-refractivity contribution in [3.63, 3.8) is 0 Å². The van der Waals surface area contributed by atoms with Gasteiger partial charge in [-0.25, -0.2) is 4.79 Å². The van der Waals surface area contributed by atoms with E-state index < -0.39 is 0 Å². The number of aromatic amines is 1. The van der Waals surface area contributed by atoms with E-state index in [1.807, 2.05) is 29.3 Å². The third kappa shape index (κ3) is 4.83. The van der Waals surface area contributed by atoms with Gasteiger partial charge in [-0.1, -0.05) is 30.3 Å². The second kappa shape index (κ2) is 8.49. The number of benzene rings is 1. The van der Waals surface area contributed by atoms with Crippen molar-refractivity contribution < 1.29 is 9.53 Å². The number of carbonyl (C=O) groups is 1. The summed E-state index contributed by atoms with van der Waals surface area (Å²) in [5.74, 6) is 0. The average molecular weight is 328 g/mol. The monoisotopic (exact) mass is 328 g/mol. The summed E-state index contributed by atoms with van der Waals surface area (Å²) in [6, 6.07) is 10.2.